The third kappa shape index (κ3) is 3.59. The van der Waals surface area contributed by atoms with E-state index in [0.717, 1.165) is 22.7 Å². The minimum absolute atomic E-state index is 0.0589. The van der Waals surface area contributed by atoms with E-state index in [9.17, 15) is 9.59 Å². The van der Waals surface area contributed by atoms with Crippen LogP contribution in [0.5, 0.6) is 0 Å². The monoisotopic (exact) mass is 395 g/mol. The topological polar surface area (TPSA) is 63.2 Å². The van der Waals surface area contributed by atoms with E-state index in [4.69, 9.17) is 11.6 Å². The van der Waals surface area contributed by atoms with Gasteiger partial charge in [0.15, 0.2) is 10.1 Å². The molecule has 1 saturated carbocycles. The number of carbonyl (C=O) groups is 2. The summed E-state index contributed by atoms with van der Waals surface area (Å²) in [6.45, 7) is 0. The number of likely N-dealkylation sites (N-methyl/N-ethyl adjacent to an activating group) is 1. The first-order valence-corrected chi connectivity index (χ1v) is 10.2. The van der Waals surface area contributed by atoms with Crippen molar-refractivity contribution in [3.05, 3.63) is 40.4 Å². The maximum atomic E-state index is 13.0. The molecule has 8 heteroatoms. The van der Waals surface area contributed by atoms with Gasteiger partial charge in [-0.3, -0.25) is 9.59 Å². The van der Waals surface area contributed by atoms with Gasteiger partial charge in [-0.15, -0.1) is 10.2 Å². The number of hydrogen-bond donors (Lipinski definition) is 0. The Morgan fingerprint density at radius 1 is 1.40 bits per heavy atom. The molecule has 1 unspecified atom stereocenters. The molecule has 1 aromatic carbocycles. The van der Waals surface area contributed by atoms with Crippen LogP contribution in [0, 0.1) is 0 Å². The summed E-state index contributed by atoms with van der Waals surface area (Å²) in [5.41, 5.74) is 1.38. The van der Waals surface area contributed by atoms with Crippen molar-refractivity contribution >= 4 is 46.4 Å². The fraction of sp³-hybridized carbons (Fsp3) is 0.412. The number of ketones is 1. The second-order valence-corrected chi connectivity index (χ2v) is 8.38. The van der Waals surface area contributed by atoms with Gasteiger partial charge in [0.2, 0.25) is 5.91 Å². The van der Waals surface area contributed by atoms with E-state index in [1.807, 2.05) is 18.2 Å². The van der Waals surface area contributed by atoms with Crippen molar-refractivity contribution in [3.63, 3.8) is 0 Å². The number of Topliss-reactive ketones (excluding diaryl/α,β-unsaturated/α-hetero) is 1. The van der Waals surface area contributed by atoms with E-state index in [0.29, 0.717) is 17.9 Å². The SMILES string of the molecule is CN(C(=O)CSc1nncs1)C1(c2ccccc2Cl)CCCCC1=O. The van der Waals surface area contributed by atoms with Gasteiger partial charge in [-0.1, -0.05) is 52.9 Å². The lowest BCUT2D eigenvalue weighted by molar-refractivity contribution is -0.146. The van der Waals surface area contributed by atoms with Gasteiger partial charge in [0.25, 0.3) is 0 Å². The van der Waals surface area contributed by atoms with Gasteiger partial charge < -0.3 is 4.90 Å². The Labute approximate surface area is 159 Å². The summed E-state index contributed by atoms with van der Waals surface area (Å²) in [7, 11) is 1.70. The average Bonchev–Trinajstić information content (AvgIpc) is 3.14. The van der Waals surface area contributed by atoms with Crippen LogP contribution in [0.25, 0.3) is 0 Å². The molecule has 3 rings (SSSR count). The van der Waals surface area contributed by atoms with Crippen LogP contribution in [0.2, 0.25) is 5.02 Å². The van der Waals surface area contributed by atoms with Crippen LogP contribution >= 0.6 is 34.7 Å². The third-order valence-corrected chi connectivity index (χ3v) is 6.75. The second-order valence-electron chi connectivity index (χ2n) is 5.92. The van der Waals surface area contributed by atoms with Gasteiger partial charge in [-0.05, 0) is 25.3 Å². The molecule has 0 radical (unpaired) electrons. The van der Waals surface area contributed by atoms with Crippen LogP contribution in [0.15, 0.2) is 34.1 Å². The maximum Gasteiger partial charge on any atom is 0.233 e. The Morgan fingerprint density at radius 2 is 2.20 bits per heavy atom. The zero-order chi connectivity index (χ0) is 17.9. The molecule has 0 saturated heterocycles. The summed E-state index contributed by atoms with van der Waals surface area (Å²) >= 11 is 9.14. The summed E-state index contributed by atoms with van der Waals surface area (Å²) < 4.78 is 0.739. The molecule has 132 valence electrons. The van der Waals surface area contributed by atoms with Gasteiger partial charge in [0.1, 0.15) is 11.0 Å². The first-order valence-electron chi connectivity index (χ1n) is 7.99. The molecular formula is C17H18ClN3O2S2. The highest BCUT2D eigenvalue weighted by atomic mass is 35.5. The lowest BCUT2D eigenvalue weighted by atomic mass is 9.74. The molecule has 1 fully saturated rings. The van der Waals surface area contributed by atoms with Crippen LogP contribution in [0.1, 0.15) is 31.2 Å². The van der Waals surface area contributed by atoms with Crippen LogP contribution in [0.3, 0.4) is 0 Å². The predicted octanol–water partition coefficient (Wildman–Crippen LogP) is 3.78. The lowest BCUT2D eigenvalue weighted by Gasteiger charge is -2.44. The summed E-state index contributed by atoms with van der Waals surface area (Å²) in [6, 6.07) is 7.32. The maximum absolute atomic E-state index is 13.0. The zero-order valence-electron chi connectivity index (χ0n) is 13.8. The minimum atomic E-state index is -0.977. The molecule has 1 aromatic heterocycles. The molecule has 0 bridgehead atoms. The number of nitrogens with zero attached hydrogens (tertiary/aromatic N) is 3. The van der Waals surface area contributed by atoms with Crippen molar-refractivity contribution < 1.29 is 9.59 Å². The van der Waals surface area contributed by atoms with E-state index in [-0.39, 0.29) is 17.4 Å². The van der Waals surface area contributed by atoms with Crippen molar-refractivity contribution in [1.29, 1.82) is 0 Å². The van der Waals surface area contributed by atoms with Crippen LogP contribution in [-0.4, -0.2) is 39.6 Å². The molecule has 2 aromatic rings. The summed E-state index contributed by atoms with van der Waals surface area (Å²) in [5, 5.41) is 8.23. The number of aromatic nitrogens is 2. The Bertz CT molecular complexity index is 769. The fourth-order valence-corrected chi connectivity index (χ4v) is 4.98. The average molecular weight is 396 g/mol. The Balaban J connectivity index is 1.90. The summed E-state index contributed by atoms with van der Waals surface area (Å²) in [4.78, 5) is 27.4. The van der Waals surface area contributed by atoms with Crippen molar-refractivity contribution in [3.8, 4) is 0 Å². The Kier molecular flexibility index (Phi) is 5.76. The predicted molar refractivity (Wildman–Crippen MR) is 100 cm³/mol. The van der Waals surface area contributed by atoms with Crippen molar-refractivity contribution in [2.24, 2.45) is 0 Å². The summed E-state index contributed by atoms with van der Waals surface area (Å²) in [6.07, 6.45) is 2.80. The highest BCUT2D eigenvalue weighted by Crippen LogP contribution is 2.42. The highest BCUT2D eigenvalue weighted by Gasteiger charge is 2.47. The lowest BCUT2D eigenvalue weighted by Crippen LogP contribution is -2.54. The molecule has 0 aliphatic heterocycles. The Morgan fingerprint density at radius 3 is 2.88 bits per heavy atom. The summed E-state index contributed by atoms with van der Waals surface area (Å²) in [5.74, 6) is 0.157. The van der Waals surface area contributed by atoms with Gasteiger partial charge >= 0.3 is 0 Å². The third-order valence-electron chi connectivity index (χ3n) is 4.58. The minimum Gasteiger partial charge on any atom is -0.328 e. The molecule has 1 atom stereocenters. The standard InChI is InChI=1S/C17H18ClN3O2S2/c1-21(15(23)10-24-16-20-19-11-25-16)17(9-5-4-8-14(17)22)12-6-2-3-7-13(12)18/h2-3,6-7,11H,4-5,8-10H2,1H3. The number of hydrogen-bond acceptors (Lipinski definition) is 6. The highest BCUT2D eigenvalue weighted by molar-refractivity contribution is 8.01. The number of halogens is 1. The number of benzene rings is 1. The largest absolute Gasteiger partial charge is 0.328 e. The van der Waals surface area contributed by atoms with Crippen LogP contribution in [-0.2, 0) is 15.1 Å². The number of carbonyl (C=O) groups excluding carboxylic acids is 2. The quantitative estimate of drug-likeness (QED) is 0.721. The van der Waals surface area contributed by atoms with E-state index < -0.39 is 5.54 Å². The van der Waals surface area contributed by atoms with Gasteiger partial charge in [-0.2, -0.15) is 0 Å². The van der Waals surface area contributed by atoms with Gasteiger partial charge in [0.05, 0.1) is 5.75 Å². The van der Waals surface area contributed by atoms with Gasteiger partial charge in [-0.25, -0.2) is 0 Å². The zero-order valence-corrected chi connectivity index (χ0v) is 16.2. The fourth-order valence-electron chi connectivity index (χ4n) is 3.29. The molecule has 1 aliphatic rings. The van der Waals surface area contributed by atoms with E-state index in [1.165, 1.54) is 23.1 Å². The van der Waals surface area contributed by atoms with Crippen molar-refractivity contribution in [2.45, 2.75) is 35.6 Å². The van der Waals surface area contributed by atoms with Crippen molar-refractivity contribution in [1.82, 2.24) is 15.1 Å². The molecular weight excluding hydrogens is 378 g/mol. The number of rotatable bonds is 5. The molecule has 5 nitrogen and oxygen atoms in total. The first kappa shape index (κ1) is 18.4. The van der Waals surface area contributed by atoms with E-state index >= 15 is 0 Å². The number of thioether (sulfide) groups is 1. The van der Waals surface area contributed by atoms with Crippen LogP contribution < -0.4 is 0 Å². The van der Waals surface area contributed by atoms with E-state index in [2.05, 4.69) is 10.2 Å². The normalized spacial score (nSPS) is 20.5. The Hall–Kier alpha value is -1.44. The molecule has 25 heavy (non-hydrogen) atoms. The van der Waals surface area contributed by atoms with Crippen LogP contribution in [0.4, 0.5) is 0 Å². The van der Waals surface area contributed by atoms with E-state index in [1.54, 1.807) is 23.5 Å². The number of amides is 1. The second kappa shape index (κ2) is 7.85. The molecule has 1 heterocycles. The molecule has 1 amide bonds. The van der Waals surface area contributed by atoms with Gasteiger partial charge in [0, 0.05) is 24.1 Å². The molecule has 1 aliphatic carbocycles. The molecule has 0 N–H and O–H groups in total. The molecule has 0 spiro atoms. The smallest absolute Gasteiger partial charge is 0.233 e. The van der Waals surface area contributed by atoms with Crippen molar-refractivity contribution in [2.75, 3.05) is 12.8 Å². The first-order chi connectivity index (χ1) is 12.1.